The first-order valence-corrected chi connectivity index (χ1v) is 5.84. The first kappa shape index (κ1) is 9.99. The summed E-state index contributed by atoms with van der Waals surface area (Å²) in [6.45, 7) is 4.25. The lowest BCUT2D eigenvalue weighted by molar-refractivity contribution is 0.381. The summed E-state index contributed by atoms with van der Waals surface area (Å²) in [5.41, 5.74) is 0.203. The molecule has 0 spiro atoms. The molecule has 0 amide bonds. The van der Waals surface area contributed by atoms with Crippen LogP contribution in [0.5, 0.6) is 0 Å². The fourth-order valence-corrected chi connectivity index (χ4v) is 3.24. The van der Waals surface area contributed by atoms with E-state index in [1.807, 2.05) is 0 Å². The lowest BCUT2D eigenvalue weighted by Gasteiger charge is -2.16. The van der Waals surface area contributed by atoms with E-state index in [2.05, 4.69) is 18.6 Å². The van der Waals surface area contributed by atoms with Crippen LogP contribution in [0, 0.1) is 5.41 Å². The van der Waals surface area contributed by atoms with Gasteiger partial charge in [-0.2, -0.15) is 0 Å². The summed E-state index contributed by atoms with van der Waals surface area (Å²) >= 11 is 0. The van der Waals surface area contributed by atoms with Crippen molar-refractivity contribution in [3.05, 3.63) is 0 Å². The van der Waals surface area contributed by atoms with E-state index >= 15 is 0 Å². The fraction of sp³-hybridized carbons (Fsp3) is 1.00. The Labute approximate surface area is 74.6 Å². The van der Waals surface area contributed by atoms with Crippen molar-refractivity contribution in [1.29, 1.82) is 0 Å². The molecule has 0 heterocycles. The van der Waals surface area contributed by atoms with E-state index in [4.69, 9.17) is 0 Å². The highest BCUT2D eigenvalue weighted by atomic mass is 32.2. The van der Waals surface area contributed by atoms with E-state index in [1.165, 1.54) is 7.05 Å². The molecule has 72 valence electrons. The lowest BCUT2D eigenvalue weighted by atomic mass is 9.92. The van der Waals surface area contributed by atoms with Gasteiger partial charge in [-0.15, -0.1) is 0 Å². The quantitative estimate of drug-likeness (QED) is 0.711. The van der Waals surface area contributed by atoms with Gasteiger partial charge in [0.1, 0.15) is 0 Å². The highest BCUT2D eigenvalue weighted by Crippen LogP contribution is 2.39. The third-order valence-electron chi connectivity index (χ3n) is 2.65. The van der Waals surface area contributed by atoms with E-state index < -0.39 is 10.0 Å². The van der Waals surface area contributed by atoms with Crippen LogP contribution in [0.3, 0.4) is 0 Å². The molecule has 0 radical (unpaired) electrons. The molecule has 0 aromatic rings. The van der Waals surface area contributed by atoms with Gasteiger partial charge in [-0.3, -0.25) is 0 Å². The second-order valence-electron chi connectivity index (χ2n) is 4.28. The molecule has 4 heteroatoms. The second-order valence-corrected chi connectivity index (χ2v) is 6.44. The largest absolute Gasteiger partial charge is 0.218 e. The predicted molar refractivity (Wildman–Crippen MR) is 49.4 cm³/mol. The molecule has 0 aliphatic heterocycles. The van der Waals surface area contributed by atoms with E-state index in [0.717, 1.165) is 19.3 Å². The van der Waals surface area contributed by atoms with Gasteiger partial charge in [0.15, 0.2) is 0 Å². The van der Waals surface area contributed by atoms with Crippen molar-refractivity contribution in [1.82, 2.24) is 4.72 Å². The van der Waals surface area contributed by atoms with Gasteiger partial charge < -0.3 is 0 Å². The van der Waals surface area contributed by atoms with Crippen molar-refractivity contribution in [2.24, 2.45) is 5.41 Å². The number of nitrogens with one attached hydrogen (secondary N) is 1. The van der Waals surface area contributed by atoms with Crippen LogP contribution in [0.2, 0.25) is 0 Å². The molecule has 1 N–H and O–H groups in total. The molecule has 1 unspecified atom stereocenters. The van der Waals surface area contributed by atoms with Gasteiger partial charge in [-0.05, 0) is 31.7 Å². The van der Waals surface area contributed by atoms with E-state index in [9.17, 15) is 8.42 Å². The summed E-state index contributed by atoms with van der Waals surface area (Å²) < 4.78 is 25.1. The summed E-state index contributed by atoms with van der Waals surface area (Å²) in [6, 6.07) is 0. The van der Waals surface area contributed by atoms with Crippen LogP contribution in [-0.4, -0.2) is 20.7 Å². The normalized spacial score (nSPS) is 29.1. The number of hydrogen-bond donors (Lipinski definition) is 1. The molecule has 1 rings (SSSR count). The Bertz CT molecular complexity index is 256. The molecule has 12 heavy (non-hydrogen) atoms. The summed E-state index contributed by atoms with van der Waals surface area (Å²) in [7, 11) is -1.53. The molecule has 1 fully saturated rings. The molecule has 3 nitrogen and oxygen atoms in total. The van der Waals surface area contributed by atoms with Gasteiger partial charge in [0.05, 0.1) is 5.25 Å². The first-order chi connectivity index (χ1) is 5.37. The zero-order chi connectivity index (χ0) is 9.41. The van der Waals surface area contributed by atoms with Gasteiger partial charge in [0.2, 0.25) is 10.0 Å². The van der Waals surface area contributed by atoms with Gasteiger partial charge >= 0.3 is 0 Å². The fourth-order valence-electron chi connectivity index (χ4n) is 1.80. The van der Waals surface area contributed by atoms with Crippen molar-refractivity contribution in [3.8, 4) is 0 Å². The van der Waals surface area contributed by atoms with Crippen LogP contribution in [-0.2, 0) is 10.0 Å². The molecule has 1 saturated carbocycles. The maximum absolute atomic E-state index is 11.4. The Hall–Kier alpha value is -0.0900. The first-order valence-electron chi connectivity index (χ1n) is 4.30. The summed E-state index contributed by atoms with van der Waals surface area (Å²) in [6.07, 6.45) is 2.60. The van der Waals surface area contributed by atoms with Crippen LogP contribution in [0.4, 0.5) is 0 Å². The number of sulfonamides is 1. The topological polar surface area (TPSA) is 46.2 Å². The third kappa shape index (κ3) is 1.98. The van der Waals surface area contributed by atoms with Crippen molar-refractivity contribution in [3.63, 3.8) is 0 Å². The van der Waals surface area contributed by atoms with E-state index in [0.29, 0.717) is 0 Å². The maximum Gasteiger partial charge on any atom is 0.214 e. The minimum atomic E-state index is -3.02. The molecule has 1 aliphatic carbocycles. The maximum atomic E-state index is 11.4. The molecule has 0 aromatic heterocycles. The lowest BCUT2D eigenvalue weighted by Crippen LogP contribution is -2.30. The van der Waals surface area contributed by atoms with E-state index in [1.54, 1.807) is 0 Å². The van der Waals surface area contributed by atoms with Crippen LogP contribution in [0.1, 0.15) is 33.1 Å². The summed E-state index contributed by atoms with van der Waals surface area (Å²) in [4.78, 5) is 0. The van der Waals surface area contributed by atoms with Crippen LogP contribution in [0.15, 0.2) is 0 Å². The number of rotatable bonds is 2. The van der Waals surface area contributed by atoms with Crippen LogP contribution in [0.25, 0.3) is 0 Å². The SMILES string of the molecule is CNS(=O)(=O)C1CCC(C)(C)C1. The molecular formula is C8H17NO2S. The van der Waals surface area contributed by atoms with Crippen LogP contribution >= 0.6 is 0 Å². The molecule has 1 aliphatic rings. The highest BCUT2D eigenvalue weighted by Gasteiger charge is 2.37. The molecule has 0 saturated heterocycles. The minimum absolute atomic E-state index is 0.169. The molecular weight excluding hydrogens is 174 g/mol. The van der Waals surface area contributed by atoms with Crippen molar-refractivity contribution in [2.75, 3.05) is 7.05 Å². The predicted octanol–water partition coefficient (Wildman–Crippen LogP) is 1.11. The monoisotopic (exact) mass is 191 g/mol. The van der Waals surface area contributed by atoms with Crippen molar-refractivity contribution in [2.45, 2.75) is 38.4 Å². The zero-order valence-corrected chi connectivity index (χ0v) is 8.74. The average molecular weight is 191 g/mol. The third-order valence-corrected chi connectivity index (χ3v) is 4.50. The Morgan fingerprint density at radius 1 is 1.42 bits per heavy atom. The molecule has 0 bridgehead atoms. The van der Waals surface area contributed by atoms with E-state index in [-0.39, 0.29) is 10.7 Å². The number of hydrogen-bond acceptors (Lipinski definition) is 2. The van der Waals surface area contributed by atoms with Gasteiger partial charge in [-0.1, -0.05) is 13.8 Å². The van der Waals surface area contributed by atoms with Gasteiger partial charge in [0, 0.05) is 0 Å². The van der Waals surface area contributed by atoms with Crippen LogP contribution < -0.4 is 4.72 Å². The highest BCUT2D eigenvalue weighted by molar-refractivity contribution is 7.90. The summed E-state index contributed by atoms with van der Waals surface area (Å²) in [5.74, 6) is 0. The average Bonchev–Trinajstić information content (AvgIpc) is 2.31. The standard InChI is InChI=1S/C8H17NO2S/c1-8(2)5-4-7(6-8)12(10,11)9-3/h7,9H,4-6H2,1-3H3. The van der Waals surface area contributed by atoms with Gasteiger partial charge in [-0.25, -0.2) is 13.1 Å². The summed E-state index contributed by atoms with van der Waals surface area (Å²) in [5, 5.41) is -0.169. The molecule has 0 aromatic carbocycles. The Balaban J connectivity index is 2.71. The Morgan fingerprint density at radius 2 is 2.00 bits per heavy atom. The second kappa shape index (κ2) is 3.00. The Kier molecular flexibility index (Phi) is 2.50. The smallest absolute Gasteiger partial charge is 0.214 e. The Morgan fingerprint density at radius 3 is 2.33 bits per heavy atom. The van der Waals surface area contributed by atoms with Crippen molar-refractivity contribution < 1.29 is 8.42 Å². The molecule has 1 atom stereocenters. The van der Waals surface area contributed by atoms with Crippen molar-refractivity contribution >= 4 is 10.0 Å². The zero-order valence-electron chi connectivity index (χ0n) is 7.92. The minimum Gasteiger partial charge on any atom is -0.218 e. The van der Waals surface area contributed by atoms with Gasteiger partial charge in [0.25, 0.3) is 0 Å².